The highest BCUT2D eigenvalue weighted by atomic mass is 32.2. The predicted octanol–water partition coefficient (Wildman–Crippen LogP) is -0.467. The maximum Gasteiger partial charge on any atom is 0.281 e. The smallest absolute Gasteiger partial charge is 0.281 e. The van der Waals surface area contributed by atoms with Crippen molar-refractivity contribution in [3.8, 4) is 6.07 Å². The topological polar surface area (TPSA) is 93.5 Å². The summed E-state index contributed by atoms with van der Waals surface area (Å²) >= 11 is 0. The molecule has 0 spiro atoms. The van der Waals surface area contributed by atoms with Crippen molar-refractivity contribution in [2.75, 3.05) is 27.2 Å². The van der Waals surface area contributed by atoms with Crippen molar-refractivity contribution < 1.29 is 13.2 Å². The number of amides is 1. The van der Waals surface area contributed by atoms with E-state index in [0.717, 1.165) is 8.61 Å². The zero-order chi connectivity index (χ0) is 14.3. The van der Waals surface area contributed by atoms with Crippen molar-refractivity contribution in [2.45, 2.75) is 26.3 Å². The molecule has 0 aliphatic rings. The van der Waals surface area contributed by atoms with Crippen LogP contribution in [0.2, 0.25) is 0 Å². The Bertz CT molecular complexity index is 413. The second-order valence-electron chi connectivity index (χ2n) is 4.22. The van der Waals surface area contributed by atoms with E-state index in [-0.39, 0.29) is 31.5 Å². The van der Waals surface area contributed by atoms with Gasteiger partial charge < -0.3 is 5.32 Å². The minimum absolute atomic E-state index is 0.0371. The summed E-state index contributed by atoms with van der Waals surface area (Å²) < 4.78 is 25.9. The van der Waals surface area contributed by atoms with Gasteiger partial charge in [0, 0.05) is 33.1 Å². The Labute approximate surface area is 109 Å². The van der Waals surface area contributed by atoms with Gasteiger partial charge in [-0.05, 0) is 13.8 Å². The van der Waals surface area contributed by atoms with Crippen LogP contribution in [0.5, 0.6) is 0 Å². The molecule has 0 fully saturated rings. The fourth-order valence-corrected chi connectivity index (χ4v) is 2.29. The lowest BCUT2D eigenvalue weighted by molar-refractivity contribution is -0.121. The second kappa shape index (κ2) is 7.31. The van der Waals surface area contributed by atoms with E-state index in [4.69, 9.17) is 5.26 Å². The van der Waals surface area contributed by atoms with Crippen LogP contribution >= 0.6 is 0 Å². The van der Waals surface area contributed by atoms with E-state index >= 15 is 0 Å². The van der Waals surface area contributed by atoms with E-state index in [1.54, 1.807) is 13.8 Å². The number of nitrogens with zero attached hydrogens (tertiary/aromatic N) is 3. The molecule has 8 heteroatoms. The molecule has 0 aliphatic heterocycles. The van der Waals surface area contributed by atoms with Gasteiger partial charge in [0.25, 0.3) is 10.2 Å². The maximum absolute atomic E-state index is 11.9. The zero-order valence-corrected chi connectivity index (χ0v) is 12.0. The Hall–Kier alpha value is -1.17. The molecule has 7 nitrogen and oxygen atoms in total. The van der Waals surface area contributed by atoms with Crippen molar-refractivity contribution in [3.05, 3.63) is 0 Å². The van der Waals surface area contributed by atoms with Gasteiger partial charge in [0.15, 0.2) is 0 Å². The fraction of sp³-hybridized carbons (Fsp3) is 0.800. The van der Waals surface area contributed by atoms with E-state index in [1.807, 2.05) is 6.07 Å². The first kappa shape index (κ1) is 16.8. The van der Waals surface area contributed by atoms with Gasteiger partial charge in [-0.3, -0.25) is 4.79 Å². The third-order valence-electron chi connectivity index (χ3n) is 2.14. The number of carbonyl (C=O) groups is 1. The van der Waals surface area contributed by atoms with Crippen LogP contribution < -0.4 is 5.32 Å². The van der Waals surface area contributed by atoms with Gasteiger partial charge in [0.05, 0.1) is 12.6 Å². The first-order chi connectivity index (χ1) is 8.21. The molecule has 1 amide bonds. The average molecular weight is 276 g/mol. The van der Waals surface area contributed by atoms with Crippen molar-refractivity contribution in [1.82, 2.24) is 13.9 Å². The average Bonchev–Trinajstić information content (AvgIpc) is 2.24. The minimum atomic E-state index is -3.69. The lowest BCUT2D eigenvalue weighted by Gasteiger charge is -2.23. The molecule has 0 atom stereocenters. The number of hydrogen-bond donors (Lipinski definition) is 1. The summed E-state index contributed by atoms with van der Waals surface area (Å²) in [6.07, 6.45) is 0.113. The van der Waals surface area contributed by atoms with E-state index < -0.39 is 10.2 Å². The quantitative estimate of drug-likeness (QED) is 0.680. The van der Waals surface area contributed by atoms with Crippen LogP contribution in [-0.4, -0.2) is 56.2 Å². The standard InChI is InChI=1S/C10H20N4O3S/c1-9(2)12-10(15)8-14(4)18(16,17)13(3)7-5-6-11/h9H,5,7-8H2,1-4H3,(H,12,15). The Morgan fingerprint density at radius 3 is 2.33 bits per heavy atom. The van der Waals surface area contributed by atoms with E-state index in [2.05, 4.69) is 5.32 Å². The summed E-state index contributed by atoms with van der Waals surface area (Å²) in [5.41, 5.74) is 0. The Morgan fingerprint density at radius 1 is 1.33 bits per heavy atom. The molecule has 0 saturated heterocycles. The maximum atomic E-state index is 11.9. The summed E-state index contributed by atoms with van der Waals surface area (Å²) in [7, 11) is -0.977. The van der Waals surface area contributed by atoms with Crippen molar-refractivity contribution in [1.29, 1.82) is 5.26 Å². The lowest BCUT2D eigenvalue weighted by Crippen LogP contribution is -2.45. The molecule has 0 rings (SSSR count). The van der Waals surface area contributed by atoms with Crippen molar-refractivity contribution in [2.24, 2.45) is 0 Å². The van der Waals surface area contributed by atoms with Crippen LogP contribution in [0.1, 0.15) is 20.3 Å². The molecule has 0 saturated carbocycles. The zero-order valence-electron chi connectivity index (χ0n) is 11.2. The van der Waals surface area contributed by atoms with Gasteiger partial charge in [-0.1, -0.05) is 0 Å². The van der Waals surface area contributed by atoms with Crippen LogP contribution in [0.4, 0.5) is 0 Å². The Kier molecular flexibility index (Phi) is 6.83. The molecular weight excluding hydrogens is 256 g/mol. The molecule has 0 aromatic heterocycles. The minimum Gasteiger partial charge on any atom is -0.353 e. The first-order valence-electron chi connectivity index (χ1n) is 5.55. The van der Waals surface area contributed by atoms with Gasteiger partial charge in [-0.2, -0.15) is 22.3 Å². The van der Waals surface area contributed by atoms with Crippen LogP contribution in [0.25, 0.3) is 0 Å². The number of nitrogens with one attached hydrogen (secondary N) is 1. The number of carbonyl (C=O) groups excluding carboxylic acids is 1. The third kappa shape index (κ3) is 5.44. The van der Waals surface area contributed by atoms with Gasteiger partial charge >= 0.3 is 0 Å². The van der Waals surface area contributed by atoms with E-state index in [1.165, 1.54) is 14.1 Å². The number of nitriles is 1. The molecule has 0 unspecified atom stereocenters. The summed E-state index contributed by atoms with van der Waals surface area (Å²) in [5, 5.41) is 11.0. The van der Waals surface area contributed by atoms with Gasteiger partial charge in [0.1, 0.15) is 0 Å². The molecule has 0 radical (unpaired) electrons. The van der Waals surface area contributed by atoms with Crippen molar-refractivity contribution in [3.63, 3.8) is 0 Å². The summed E-state index contributed by atoms with van der Waals surface area (Å²) in [6.45, 7) is 3.46. The molecule has 0 heterocycles. The molecule has 0 bridgehead atoms. The van der Waals surface area contributed by atoms with E-state index in [9.17, 15) is 13.2 Å². The second-order valence-corrected chi connectivity index (χ2v) is 6.36. The highest BCUT2D eigenvalue weighted by Crippen LogP contribution is 2.04. The van der Waals surface area contributed by atoms with Crippen LogP contribution in [0, 0.1) is 11.3 Å². The van der Waals surface area contributed by atoms with E-state index in [0.29, 0.717) is 0 Å². The third-order valence-corrected chi connectivity index (χ3v) is 4.03. The molecule has 1 N–H and O–H groups in total. The SMILES string of the molecule is CC(C)NC(=O)CN(C)S(=O)(=O)N(C)CCC#N. The first-order valence-corrected chi connectivity index (χ1v) is 6.95. The van der Waals surface area contributed by atoms with Crippen LogP contribution in [0.15, 0.2) is 0 Å². The summed E-state index contributed by atoms with van der Waals surface area (Å²) in [6, 6.07) is 1.84. The Morgan fingerprint density at radius 2 is 1.89 bits per heavy atom. The molecule has 0 aromatic carbocycles. The number of rotatable bonds is 7. The summed E-state index contributed by atoms with van der Waals surface area (Å²) in [4.78, 5) is 11.5. The Balaban J connectivity index is 4.52. The fourth-order valence-electron chi connectivity index (χ4n) is 1.21. The largest absolute Gasteiger partial charge is 0.353 e. The molecule has 104 valence electrons. The highest BCUT2D eigenvalue weighted by molar-refractivity contribution is 7.86. The van der Waals surface area contributed by atoms with Crippen LogP contribution in [0.3, 0.4) is 0 Å². The molecule has 18 heavy (non-hydrogen) atoms. The number of likely N-dealkylation sites (N-methyl/N-ethyl adjacent to an activating group) is 1. The van der Waals surface area contributed by atoms with Gasteiger partial charge in [-0.25, -0.2) is 0 Å². The monoisotopic (exact) mass is 276 g/mol. The van der Waals surface area contributed by atoms with Crippen LogP contribution in [-0.2, 0) is 15.0 Å². The predicted molar refractivity (Wildman–Crippen MR) is 67.7 cm³/mol. The van der Waals surface area contributed by atoms with Gasteiger partial charge in [0.2, 0.25) is 5.91 Å². The molecule has 0 aliphatic carbocycles. The number of hydrogen-bond acceptors (Lipinski definition) is 4. The van der Waals surface area contributed by atoms with Crippen molar-refractivity contribution >= 4 is 16.1 Å². The molecule has 0 aromatic rings. The lowest BCUT2D eigenvalue weighted by atomic mass is 10.4. The highest BCUT2D eigenvalue weighted by Gasteiger charge is 2.25. The summed E-state index contributed by atoms with van der Waals surface area (Å²) in [5.74, 6) is -0.357. The van der Waals surface area contributed by atoms with Gasteiger partial charge in [-0.15, -0.1) is 0 Å². The normalized spacial score (nSPS) is 11.9. The molecular formula is C10H20N4O3S.